The van der Waals surface area contributed by atoms with E-state index in [1.165, 1.54) is 4.90 Å². The molecule has 7 nitrogen and oxygen atoms in total. The highest BCUT2D eigenvalue weighted by atomic mass is 35.5. The zero-order valence-corrected chi connectivity index (χ0v) is 19.1. The van der Waals surface area contributed by atoms with Gasteiger partial charge in [0.05, 0.1) is 21.7 Å². The summed E-state index contributed by atoms with van der Waals surface area (Å²) in [5.74, 6) is -0.702. The summed E-state index contributed by atoms with van der Waals surface area (Å²) < 4.78 is 11.1. The molecule has 2 aliphatic heterocycles. The number of benzene rings is 2. The third-order valence-corrected chi connectivity index (χ3v) is 6.14. The maximum atomic E-state index is 13.1. The molecule has 0 unspecified atom stereocenters. The van der Waals surface area contributed by atoms with Crippen molar-refractivity contribution in [3.8, 4) is 11.5 Å². The summed E-state index contributed by atoms with van der Waals surface area (Å²) >= 11 is 12.3. The molecule has 0 radical (unpaired) electrons. The Morgan fingerprint density at radius 1 is 1.06 bits per heavy atom. The molecule has 1 saturated heterocycles. The Kier molecular flexibility index (Phi) is 6.33. The number of aliphatic hydroxyl groups is 1. The largest absolute Gasteiger partial charge is 0.507 e. The highest BCUT2D eigenvalue weighted by molar-refractivity contribution is 6.46. The number of rotatable bonds is 5. The SMILES string of the molecule is CN(C)CCN1C(=O)C(=O)/C(=C(/O)c2ccc3c(c2)OCCO3)[C@H]1c1ccc(Cl)c(Cl)c1. The maximum Gasteiger partial charge on any atom is 0.295 e. The highest BCUT2D eigenvalue weighted by Gasteiger charge is 2.46. The highest BCUT2D eigenvalue weighted by Crippen LogP contribution is 2.42. The van der Waals surface area contributed by atoms with E-state index in [9.17, 15) is 14.7 Å². The Balaban J connectivity index is 1.84. The first kappa shape index (κ1) is 22.5. The molecular formula is C23H22Cl2N2O5. The van der Waals surface area contributed by atoms with Gasteiger partial charge in [-0.1, -0.05) is 29.3 Å². The van der Waals surface area contributed by atoms with E-state index < -0.39 is 17.7 Å². The van der Waals surface area contributed by atoms with E-state index in [0.717, 1.165) is 0 Å². The van der Waals surface area contributed by atoms with Crippen molar-refractivity contribution in [3.05, 3.63) is 63.1 Å². The van der Waals surface area contributed by atoms with Crippen molar-refractivity contribution in [1.29, 1.82) is 0 Å². The molecule has 9 heteroatoms. The lowest BCUT2D eigenvalue weighted by atomic mass is 9.95. The molecule has 168 valence electrons. The van der Waals surface area contributed by atoms with E-state index in [1.807, 2.05) is 19.0 Å². The number of carbonyl (C=O) groups is 2. The number of hydrogen-bond acceptors (Lipinski definition) is 6. The third-order valence-electron chi connectivity index (χ3n) is 5.40. The second-order valence-electron chi connectivity index (χ2n) is 7.83. The van der Waals surface area contributed by atoms with Gasteiger partial charge < -0.3 is 24.4 Å². The van der Waals surface area contributed by atoms with Gasteiger partial charge in [0.2, 0.25) is 0 Å². The van der Waals surface area contributed by atoms with Gasteiger partial charge in [0.1, 0.15) is 19.0 Å². The molecule has 2 aromatic rings. The van der Waals surface area contributed by atoms with Crippen LogP contribution in [-0.2, 0) is 9.59 Å². The van der Waals surface area contributed by atoms with E-state index in [0.29, 0.717) is 59.0 Å². The smallest absolute Gasteiger partial charge is 0.295 e. The number of nitrogens with zero attached hydrogens (tertiary/aromatic N) is 2. The minimum Gasteiger partial charge on any atom is -0.507 e. The lowest BCUT2D eigenvalue weighted by molar-refractivity contribution is -0.140. The Bertz CT molecular complexity index is 1120. The van der Waals surface area contributed by atoms with Crippen LogP contribution in [0.4, 0.5) is 0 Å². The van der Waals surface area contributed by atoms with Crippen molar-refractivity contribution in [2.24, 2.45) is 0 Å². The predicted octanol–water partition coefficient (Wildman–Crippen LogP) is 3.75. The zero-order chi connectivity index (χ0) is 23.0. The average Bonchev–Trinajstić information content (AvgIpc) is 3.03. The van der Waals surface area contributed by atoms with E-state index in [-0.39, 0.29) is 11.3 Å². The first-order chi connectivity index (χ1) is 15.3. The standard InChI is InChI=1S/C23H22Cl2N2O5/c1-26(2)7-8-27-20(13-3-5-15(24)16(25)11-13)19(22(29)23(27)30)21(28)14-4-6-17-18(12-14)32-10-9-31-17/h3-6,11-12,20,28H,7-10H2,1-2H3/b21-19+/t20-/m1/s1. The molecule has 1 amide bonds. The van der Waals surface area contributed by atoms with E-state index in [2.05, 4.69) is 0 Å². The third kappa shape index (κ3) is 4.16. The minimum absolute atomic E-state index is 0.0103. The Morgan fingerprint density at radius 3 is 2.47 bits per heavy atom. The number of likely N-dealkylation sites (N-methyl/N-ethyl adjacent to an activating group) is 1. The maximum absolute atomic E-state index is 13.1. The fraction of sp³-hybridized carbons (Fsp3) is 0.304. The van der Waals surface area contributed by atoms with Crippen LogP contribution in [0.15, 0.2) is 42.0 Å². The van der Waals surface area contributed by atoms with Gasteiger partial charge in [-0.05, 0) is 50.0 Å². The molecule has 1 fully saturated rings. The van der Waals surface area contributed by atoms with Gasteiger partial charge in [-0.15, -0.1) is 0 Å². The molecule has 2 aromatic carbocycles. The minimum atomic E-state index is -0.807. The number of carbonyl (C=O) groups excluding carboxylic acids is 2. The molecule has 0 aliphatic carbocycles. The molecule has 2 aliphatic rings. The van der Waals surface area contributed by atoms with Crippen LogP contribution in [0.2, 0.25) is 10.0 Å². The second-order valence-corrected chi connectivity index (χ2v) is 8.64. The van der Waals surface area contributed by atoms with Gasteiger partial charge in [0.25, 0.3) is 11.7 Å². The number of aliphatic hydroxyl groups excluding tert-OH is 1. The molecule has 1 N–H and O–H groups in total. The zero-order valence-electron chi connectivity index (χ0n) is 17.6. The first-order valence-corrected chi connectivity index (χ1v) is 10.8. The van der Waals surface area contributed by atoms with Crippen LogP contribution in [0.3, 0.4) is 0 Å². The molecule has 1 atom stereocenters. The van der Waals surface area contributed by atoms with Crippen molar-refractivity contribution < 1.29 is 24.2 Å². The summed E-state index contributed by atoms with van der Waals surface area (Å²) in [7, 11) is 3.75. The van der Waals surface area contributed by atoms with Crippen LogP contribution >= 0.6 is 23.2 Å². The van der Waals surface area contributed by atoms with Crippen molar-refractivity contribution >= 4 is 40.7 Å². The van der Waals surface area contributed by atoms with Gasteiger partial charge in [-0.3, -0.25) is 9.59 Å². The van der Waals surface area contributed by atoms with E-state index in [4.69, 9.17) is 32.7 Å². The molecule has 32 heavy (non-hydrogen) atoms. The molecule has 2 heterocycles. The number of fused-ring (bicyclic) bond motifs is 1. The summed E-state index contributed by atoms with van der Waals surface area (Å²) in [6, 6.07) is 9.00. The summed E-state index contributed by atoms with van der Waals surface area (Å²) in [6.45, 7) is 1.65. The normalized spacial score (nSPS) is 19.7. The van der Waals surface area contributed by atoms with Gasteiger partial charge in [0.15, 0.2) is 11.5 Å². The summed E-state index contributed by atoms with van der Waals surface area (Å²) in [4.78, 5) is 29.4. The summed E-state index contributed by atoms with van der Waals surface area (Å²) in [5, 5.41) is 11.8. The average molecular weight is 477 g/mol. The molecule has 0 bridgehead atoms. The topological polar surface area (TPSA) is 79.3 Å². The second kappa shape index (κ2) is 9.02. The van der Waals surface area contributed by atoms with E-state index in [1.54, 1.807) is 36.4 Å². The molecule has 4 rings (SSSR count). The monoisotopic (exact) mass is 476 g/mol. The number of likely N-dealkylation sites (tertiary alicyclic amines) is 1. The van der Waals surface area contributed by atoms with Crippen molar-refractivity contribution in [3.63, 3.8) is 0 Å². The van der Waals surface area contributed by atoms with Crippen LogP contribution in [0.25, 0.3) is 5.76 Å². The van der Waals surface area contributed by atoms with Gasteiger partial charge in [-0.25, -0.2) is 0 Å². The number of halogens is 2. The van der Waals surface area contributed by atoms with Crippen LogP contribution in [-0.4, -0.2) is 67.0 Å². The number of hydrogen-bond donors (Lipinski definition) is 1. The fourth-order valence-corrected chi connectivity index (χ4v) is 4.10. The van der Waals surface area contributed by atoms with Gasteiger partial charge >= 0.3 is 0 Å². The Labute approximate surface area is 195 Å². The number of Topliss-reactive ketones (excluding diaryl/α,β-unsaturated/α-hetero) is 1. The van der Waals surface area contributed by atoms with Crippen molar-refractivity contribution in [2.75, 3.05) is 40.4 Å². The van der Waals surface area contributed by atoms with Crippen molar-refractivity contribution in [1.82, 2.24) is 9.80 Å². The lowest BCUT2D eigenvalue weighted by Crippen LogP contribution is -2.35. The van der Waals surface area contributed by atoms with Gasteiger partial charge in [0, 0.05) is 18.7 Å². The van der Waals surface area contributed by atoms with Crippen LogP contribution in [0, 0.1) is 0 Å². The quantitative estimate of drug-likeness (QED) is 0.402. The Morgan fingerprint density at radius 2 is 1.78 bits per heavy atom. The van der Waals surface area contributed by atoms with E-state index >= 15 is 0 Å². The van der Waals surface area contributed by atoms with Crippen LogP contribution in [0.5, 0.6) is 11.5 Å². The van der Waals surface area contributed by atoms with Crippen molar-refractivity contribution in [2.45, 2.75) is 6.04 Å². The van der Waals surface area contributed by atoms with Crippen LogP contribution in [0.1, 0.15) is 17.2 Å². The number of amides is 1. The summed E-state index contributed by atoms with van der Waals surface area (Å²) in [5.41, 5.74) is 0.921. The summed E-state index contributed by atoms with van der Waals surface area (Å²) in [6.07, 6.45) is 0. The van der Waals surface area contributed by atoms with Crippen LogP contribution < -0.4 is 9.47 Å². The fourth-order valence-electron chi connectivity index (χ4n) is 3.79. The molecular weight excluding hydrogens is 455 g/mol. The Hall–Kier alpha value is -2.74. The molecule has 0 spiro atoms. The van der Waals surface area contributed by atoms with Gasteiger partial charge in [-0.2, -0.15) is 0 Å². The first-order valence-electron chi connectivity index (χ1n) is 10.1. The number of ketones is 1. The lowest BCUT2D eigenvalue weighted by Gasteiger charge is -2.27. The number of ether oxygens (including phenoxy) is 2. The molecule has 0 saturated carbocycles. The molecule has 0 aromatic heterocycles. The predicted molar refractivity (Wildman–Crippen MR) is 121 cm³/mol.